The van der Waals surface area contributed by atoms with Gasteiger partial charge in [0.1, 0.15) is 11.4 Å². The Hall–Kier alpha value is -3.20. The summed E-state index contributed by atoms with van der Waals surface area (Å²) in [5.74, 6) is -0.650. The third kappa shape index (κ3) is 4.61. The molecule has 0 saturated heterocycles. The maximum Gasteiger partial charge on any atom is 0.408 e. The van der Waals surface area contributed by atoms with Crippen LogP contribution in [-0.4, -0.2) is 30.4 Å². The number of hydrogen-bond donors (Lipinski definition) is 1. The number of amides is 1. The van der Waals surface area contributed by atoms with Crippen molar-refractivity contribution >= 4 is 33.3 Å². The molecule has 31 heavy (non-hydrogen) atoms. The highest BCUT2D eigenvalue weighted by Crippen LogP contribution is 2.29. The van der Waals surface area contributed by atoms with E-state index in [-0.39, 0.29) is 27.1 Å². The van der Waals surface area contributed by atoms with Crippen molar-refractivity contribution in [1.29, 1.82) is 0 Å². The third-order valence-corrected chi connectivity index (χ3v) is 6.26. The fourth-order valence-corrected chi connectivity index (χ4v) is 4.69. The number of carbonyl (C=O) groups is 2. The van der Waals surface area contributed by atoms with Gasteiger partial charge < -0.3 is 10.1 Å². The van der Waals surface area contributed by atoms with Crippen LogP contribution in [0, 0.1) is 5.82 Å². The number of hydrogen-bond acceptors (Lipinski definition) is 5. The summed E-state index contributed by atoms with van der Waals surface area (Å²) in [6, 6.07) is 10.6. The quantitative estimate of drug-likeness (QED) is 0.586. The lowest BCUT2D eigenvalue weighted by molar-refractivity contribution is 0.0507. The van der Waals surface area contributed by atoms with Crippen molar-refractivity contribution < 1.29 is 27.1 Å². The second-order valence-corrected chi connectivity index (χ2v) is 9.86. The predicted octanol–water partition coefficient (Wildman–Crippen LogP) is 4.42. The number of ether oxygens (including phenoxy) is 1. The minimum absolute atomic E-state index is 0.0126. The molecular weight excluding hydrogens is 423 g/mol. The Morgan fingerprint density at radius 2 is 1.81 bits per heavy atom. The van der Waals surface area contributed by atoms with Crippen LogP contribution in [-0.2, 0) is 14.8 Å². The molecule has 1 aromatic heterocycles. The van der Waals surface area contributed by atoms with Crippen molar-refractivity contribution in [3.63, 3.8) is 0 Å². The molecule has 0 bridgehead atoms. The number of halogens is 1. The van der Waals surface area contributed by atoms with Gasteiger partial charge in [-0.05, 0) is 58.0 Å². The number of alkyl carbamates (subject to hydrolysis) is 1. The first-order chi connectivity index (χ1) is 14.4. The van der Waals surface area contributed by atoms with Crippen molar-refractivity contribution in [2.45, 2.75) is 44.2 Å². The standard InChI is InChI=1S/C22H23FN2O5S/c1-14(24-21(27)30-22(2,3)4)18-12-20-15(11-19(18)23)10-16(13-26)25(20)31(28,29)17-8-6-5-7-9-17/h5-14H,1-4H3,(H,24,27)/t14-/m1/s1. The van der Waals surface area contributed by atoms with Crippen molar-refractivity contribution in [2.24, 2.45) is 0 Å². The average Bonchev–Trinajstić information content (AvgIpc) is 3.04. The van der Waals surface area contributed by atoms with Crippen molar-refractivity contribution in [2.75, 3.05) is 0 Å². The highest BCUT2D eigenvalue weighted by atomic mass is 32.2. The molecule has 7 nitrogen and oxygen atoms in total. The van der Waals surface area contributed by atoms with Gasteiger partial charge in [-0.25, -0.2) is 21.6 Å². The van der Waals surface area contributed by atoms with E-state index in [4.69, 9.17) is 4.74 Å². The summed E-state index contributed by atoms with van der Waals surface area (Å²) >= 11 is 0. The van der Waals surface area contributed by atoms with E-state index in [0.29, 0.717) is 6.29 Å². The molecule has 0 saturated carbocycles. The maximum atomic E-state index is 14.8. The van der Waals surface area contributed by atoms with Crippen molar-refractivity contribution in [3.8, 4) is 0 Å². The van der Waals surface area contributed by atoms with Crippen LogP contribution in [0.25, 0.3) is 10.9 Å². The largest absolute Gasteiger partial charge is 0.444 e. The normalized spacial score (nSPS) is 13.1. The molecule has 1 amide bonds. The lowest BCUT2D eigenvalue weighted by Gasteiger charge is -2.22. The number of nitrogens with one attached hydrogen (secondary N) is 1. The van der Waals surface area contributed by atoms with Gasteiger partial charge in [-0.15, -0.1) is 0 Å². The Balaban J connectivity index is 2.11. The summed E-state index contributed by atoms with van der Waals surface area (Å²) in [6.45, 7) is 6.65. The number of aromatic nitrogens is 1. The Morgan fingerprint density at radius 1 is 1.16 bits per heavy atom. The second kappa shape index (κ2) is 8.14. The van der Waals surface area contributed by atoms with E-state index in [0.717, 1.165) is 10.0 Å². The summed E-state index contributed by atoms with van der Waals surface area (Å²) in [5.41, 5.74) is -0.689. The maximum absolute atomic E-state index is 14.8. The predicted molar refractivity (Wildman–Crippen MR) is 114 cm³/mol. The Labute approximate surface area is 179 Å². The molecule has 1 N–H and O–H groups in total. The minimum Gasteiger partial charge on any atom is -0.444 e. The second-order valence-electron chi connectivity index (χ2n) is 8.07. The molecule has 1 atom stereocenters. The van der Waals surface area contributed by atoms with Gasteiger partial charge >= 0.3 is 6.09 Å². The zero-order valence-electron chi connectivity index (χ0n) is 17.5. The van der Waals surface area contributed by atoms with Gasteiger partial charge in [0.25, 0.3) is 10.0 Å². The Morgan fingerprint density at radius 3 is 2.39 bits per heavy atom. The third-order valence-electron chi connectivity index (χ3n) is 4.50. The van der Waals surface area contributed by atoms with Gasteiger partial charge in [0, 0.05) is 10.9 Å². The van der Waals surface area contributed by atoms with E-state index in [2.05, 4.69) is 5.32 Å². The fourth-order valence-electron chi connectivity index (χ4n) is 3.18. The molecule has 9 heteroatoms. The van der Waals surface area contributed by atoms with Crippen LogP contribution in [0.1, 0.15) is 49.8 Å². The molecule has 3 rings (SSSR count). The van der Waals surface area contributed by atoms with Gasteiger partial charge in [0.05, 0.1) is 22.1 Å². The lowest BCUT2D eigenvalue weighted by Crippen LogP contribution is -2.34. The number of nitrogens with zero attached hydrogens (tertiary/aromatic N) is 1. The Kier molecular flexibility index (Phi) is 5.91. The van der Waals surface area contributed by atoms with E-state index < -0.39 is 33.6 Å². The summed E-state index contributed by atoms with van der Waals surface area (Å²) in [5, 5.41) is 2.78. The molecule has 3 aromatic rings. The topological polar surface area (TPSA) is 94.5 Å². The number of benzene rings is 2. The van der Waals surface area contributed by atoms with Gasteiger partial charge in [-0.1, -0.05) is 18.2 Å². The molecular formula is C22H23FN2O5S. The summed E-state index contributed by atoms with van der Waals surface area (Å²) in [6.07, 6.45) is -0.333. The first kappa shape index (κ1) is 22.5. The van der Waals surface area contributed by atoms with E-state index in [1.807, 2.05) is 0 Å². The van der Waals surface area contributed by atoms with E-state index in [1.54, 1.807) is 45.9 Å². The molecule has 2 aromatic carbocycles. The van der Waals surface area contributed by atoms with Gasteiger partial charge in [0.15, 0.2) is 6.29 Å². The molecule has 164 valence electrons. The van der Waals surface area contributed by atoms with E-state index in [1.165, 1.54) is 24.3 Å². The molecule has 0 aliphatic rings. The van der Waals surface area contributed by atoms with Crippen LogP contribution in [0.15, 0.2) is 53.4 Å². The van der Waals surface area contributed by atoms with E-state index >= 15 is 0 Å². The summed E-state index contributed by atoms with van der Waals surface area (Å²) in [7, 11) is -4.12. The molecule has 0 spiro atoms. The number of fused-ring (bicyclic) bond motifs is 1. The fraction of sp³-hybridized carbons (Fsp3) is 0.273. The average molecular weight is 447 g/mol. The van der Waals surface area contributed by atoms with Crippen LogP contribution in [0.4, 0.5) is 9.18 Å². The van der Waals surface area contributed by atoms with Crippen LogP contribution < -0.4 is 5.32 Å². The zero-order chi connectivity index (χ0) is 23.0. The van der Waals surface area contributed by atoms with Crippen molar-refractivity contribution in [1.82, 2.24) is 9.29 Å². The SMILES string of the molecule is C[C@@H](NC(=O)OC(C)(C)C)c1cc2c(cc1F)cc(C=O)n2S(=O)(=O)c1ccccc1. The first-order valence-corrected chi connectivity index (χ1v) is 11.0. The molecule has 0 aliphatic carbocycles. The van der Waals surface area contributed by atoms with Gasteiger partial charge in [-0.3, -0.25) is 4.79 Å². The monoisotopic (exact) mass is 446 g/mol. The van der Waals surface area contributed by atoms with Gasteiger partial charge in [-0.2, -0.15) is 0 Å². The zero-order valence-corrected chi connectivity index (χ0v) is 18.4. The molecule has 0 radical (unpaired) electrons. The van der Waals surface area contributed by atoms with Crippen LogP contribution in [0.3, 0.4) is 0 Å². The number of rotatable bonds is 5. The van der Waals surface area contributed by atoms with Crippen LogP contribution in [0.5, 0.6) is 0 Å². The van der Waals surface area contributed by atoms with Gasteiger partial charge in [0.2, 0.25) is 0 Å². The highest BCUT2D eigenvalue weighted by Gasteiger charge is 2.26. The molecule has 0 fully saturated rings. The summed E-state index contributed by atoms with van der Waals surface area (Å²) in [4.78, 5) is 23.7. The van der Waals surface area contributed by atoms with Crippen LogP contribution in [0.2, 0.25) is 0 Å². The molecule has 1 heterocycles. The molecule has 0 aliphatic heterocycles. The van der Waals surface area contributed by atoms with E-state index in [9.17, 15) is 22.4 Å². The Bertz CT molecular complexity index is 1240. The first-order valence-electron chi connectivity index (χ1n) is 9.54. The smallest absolute Gasteiger partial charge is 0.408 e. The number of carbonyl (C=O) groups excluding carboxylic acids is 2. The molecule has 0 unspecified atom stereocenters. The number of aldehydes is 1. The highest BCUT2D eigenvalue weighted by molar-refractivity contribution is 7.90. The minimum atomic E-state index is -4.12. The lowest BCUT2D eigenvalue weighted by atomic mass is 10.1. The van der Waals surface area contributed by atoms with Crippen LogP contribution >= 0.6 is 0 Å². The van der Waals surface area contributed by atoms with Crippen molar-refractivity contribution in [3.05, 3.63) is 65.6 Å². The summed E-state index contributed by atoms with van der Waals surface area (Å²) < 4.78 is 47.3.